The minimum Gasteiger partial charge on any atom is -0.306 e. The van der Waals surface area contributed by atoms with Crippen LogP contribution in [-0.2, 0) is 6.54 Å². The molecule has 1 unspecified atom stereocenters. The van der Waals surface area contributed by atoms with Crippen molar-refractivity contribution < 1.29 is 4.92 Å². The van der Waals surface area contributed by atoms with Gasteiger partial charge >= 0.3 is 0 Å². The van der Waals surface area contributed by atoms with Crippen LogP contribution in [0.1, 0.15) is 23.6 Å². The van der Waals surface area contributed by atoms with Gasteiger partial charge in [0.25, 0.3) is 5.69 Å². The molecule has 2 aromatic carbocycles. The smallest absolute Gasteiger partial charge is 0.269 e. The molecule has 0 radical (unpaired) electrons. The fourth-order valence-corrected chi connectivity index (χ4v) is 3.91. The van der Waals surface area contributed by atoms with Crippen molar-refractivity contribution in [2.45, 2.75) is 23.9 Å². The molecule has 0 amide bonds. The third-order valence-electron chi connectivity index (χ3n) is 3.74. The fraction of sp³-hybridized carbons (Fsp3) is 0.250. The lowest BCUT2D eigenvalue weighted by Gasteiger charge is -2.26. The number of rotatable bonds is 4. The predicted octanol–water partition coefficient (Wildman–Crippen LogP) is 4.57. The van der Waals surface area contributed by atoms with Gasteiger partial charge in [-0.2, -0.15) is 0 Å². The molecule has 0 spiro atoms. The maximum Gasteiger partial charge on any atom is 0.269 e. The number of nitro benzene ring substituents is 1. The molecule has 0 bridgehead atoms. The average molecular weight is 335 g/mol. The van der Waals surface area contributed by atoms with E-state index in [1.807, 2.05) is 23.9 Å². The van der Waals surface area contributed by atoms with Crippen LogP contribution < -0.4 is 5.32 Å². The summed E-state index contributed by atoms with van der Waals surface area (Å²) >= 11 is 8.02. The van der Waals surface area contributed by atoms with Crippen LogP contribution in [0.4, 0.5) is 5.69 Å². The molecule has 2 aromatic rings. The van der Waals surface area contributed by atoms with E-state index in [4.69, 9.17) is 11.6 Å². The standard InChI is InChI=1S/C16H15ClN2O2S/c17-14-6-5-12(19(20)21)9-11(14)10-18-15-7-8-22-16-4-2-1-3-13(15)16/h1-6,9,15,18H,7-8,10H2. The molecular formula is C16H15ClN2O2S. The Balaban J connectivity index is 1.76. The number of hydrogen-bond acceptors (Lipinski definition) is 4. The van der Waals surface area contributed by atoms with Crippen molar-refractivity contribution in [2.75, 3.05) is 5.75 Å². The second-order valence-corrected chi connectivity index (χ2v) is 6.69. The molecule has 3 rings (SSSR count). The molecule has 0 aromatic heterocycles. The average Bonchev–Trinajstić information content (AvgIpc) is 2.54. The molecular weight excluding hydrogens is 320 g/mol. The molecule has 114 valence electrons. The summed E-state index contributed by atoms with van der Waals surface area (Å²) in [5.41, 5.74) is 2.12. The van der Waals surface area contributed by atoms with Crippen molar-refractivity contribution in [1.82, 2.24) is 5.32 Å². The third kappa shape index (κ3) is 3.27. The summed E-state index contributed by atoms with van der Waals surface area (Å²) in [5.74, 6) is 1.07. The topological polar surface area (TPSA) is 55.2 Å². The SMILES string of the molecule is O=[N+]([O-])c1ccc(Cl)c(CNC2CCSc3ccccc32)c1. The Bertz CT molecular complexity index is 708. The van der Waals surface area contributed by atoms with Gasteiger partial charge in [0.15, 0.2) is 0 Å². The number of halogens is 1. The maximum atomic E-state index is 10.9. The lowest BCUT2D eigenvalue weighted by Crippen LogP contribution is -2.24. The maximum absolute atomic E-state index is 10.9. The number of fused-ring (bicyclic) bond motifs is 1. The van der Waals surface area contributed by atoms with Crippen molar-refractivity contribution >= 4 is 29.1 Å². The Morgan fingerprint density at radius 3 is 2.95 bits per heavy atom. The minimum absolute atomic E-state index is 0.0702. The molecule has 1 heterocycles. The fourth-order valence-electron chi connectivity index (χ4n) is 2.60. The van der Waals surface area contributed by atoms with Crippen molar-refractivity contribution in [3.63, 3.8) is 0 Å². The first-order valence-electron chi connectivity index (χ1n) is 7.03. The van der Waals surface area contributed by atoms with E-state index in [1.54, 1.807) is 12.1 Å². The molecule has 6 heteroatoms. The number of nitro groups is 1. The number of nitrogens with one attached hydrogen (secondary N) is 1. The molecule has 0 saturated heterocycles. The first-order valence-corrected chi connectivity index (χ1v) is 8.39. The molecule has 0 aliphatic carbocycles. The van der Waals surface area contributed by atoms with Crippen LogP contribution in [0.5, 0.6) is 0 Å². The largest absolute Gasteiger partial charge is 0.306 e. The Hall–Kier alpha value is -1.56. The van der Waals surface area contributed by atoms with E-state index in [2.05, 4.69) is 17.4 Å². The minimum atomic E-state index is -0.396. The lowest BCUT2D eigenvalue weighted by atomic mass is 10.0. The first kappa shape index (κ1) is 15.3. The Labute approximate surface area is 138 Å². The van der Waals surface area contributed by atoms with Crippen molar-refractivity contribution in [3.05, 3.63) is 68.7 Å². The molecule has 22 heavy (non-hydrogen) atoms. The van der Waals surface area contributed by atoms with E-state index < -0.39 is 4.92 Å². The van der Waals surface area contributed by atoms with E-state index in [1.165, 1.54) is 16.5 Å². The monoisotopic (exact) mass is 334 g/mol. The van der Waals surface area contributed by atoms with Crippen molar-refractivity contribution in [2.24, 2.45) is 0 Å². The summed E-state index contributed by atoms with van der Waals surface area (Å²) in [7, 11) is 0. The Kier molecular flexibility index (Phi) is 4.66. The van der Waals surface area contributed by atoms with Crippen LogP contribution in [0.25, 0.3) is 0 Å². The summed E-state index contributed by atoms with van der Waals surface area (Å²) in [5, 5.41) is 14.9. The normalized spacial score (nSPS) is 17.0. The van der Waals surface area contributed by atoms with E-state index in [0.29, 0.717) is 11.6 Å². The number of hydrogen-bond donors (Lipinski definition) is 1. The second-order valence-electron chi connectivity index (χ2n) is 5.14. The zero-order chi connectivity index (χ0) is 15.5. The van der Waals surface area contributed by atoms with Gasteiger partial charge in [-0.25, -0.2) is 0 Å². The van der Waals surface area contributed by atoms with Gasteiger partial charge in [-0.1, -0.05) is 29.8 Å². The van der Waals surface area contributed by atoms with Gasteiger partial charge < -0.3 is 5.32 Å². The van der Waals surface area contributed by atoms with Gasteiger partial charge in [-0.3, -0.25) is 10.1 Å². The van der Waals surface area contributed by atoms with Crippen LogP contribution >= 0.6 is 23.4 Å². The molecule has 0 saturated carbocycles. The molecule has 0 fully saturated rings. The van der Waals surface area contributed by atoms with Crippen LogP contribution in [0.2, 0.25) is 5.02 Å². The second kappa shape index (κ2) is 6.69. The van der Waals surface area contributed by atoms with E-state index in [9.17, 15) is 10.1 Å². The van der Waals surface area contributed by atoms with Crippen LogP contribution in [0.15, 0.2) is 47.4 Å². The summed E-state index contributed by atoms with van der Waals surface area (Å²) in [6.45, 7) is 0.518. The van der Waals surface area contributed by atoms with Gasteiger partial charge in [0.05, 0.1) is 4.92 Å². The van der Waals surface area contributed by atoms with Crippen molar-refractivity contribution in [1.29, 1.82) is 0 Å². The molecule has 1 aliphatic rings. The Morgan fingerprint density at radius 2 is 2.14 bits per heavy atom. The van der Waals surface area contributed by atoms with Gasteiger partial charge in [0.2, 0.25) is 0 Å². The molecule has 4 nitrogen and oxygen atoms in total. The van der Waals surface area contributed by atoms with Gasteiger partial charge in [-0.15, -0.1) is 11.8 Å². The predicted molar refractivity (Wildman–Crippen MR) is 89.5 cm³/mol. The zero-order valence-corrected chi connectivity index (χ0v) is 13.4. The van der Waals surface area contributed by atoms with E-state index in [0.717, 1.165) is 17.7 Å². The number of benzene rings is 2. The number of non-ortho nitro benzene ring substituents is 1. The first-order chi connectivity index (χ1) is 10.6. The Morgan fingerprint density at radius 1 is 1.32 bits per heavy atom. The summed E-state index contributed by atoms with van der Waals surface area (Å²) in [4.78, 5) is 11.8. The van der Waals surface area contributed by atoms with Crippen LogP contribution in [0.3, 0.4) is 0 Å². The molecule has 1 atom stereocenters. The van der Waals surface area contributed by atoms with Gasteiger partial charge in [0.1, 0.15) is 0 Å². The highest BCUT2D eigenvalue weighted by Gasteiger charge is 2.20. The lowest BCUT2D eigenvalue weighted by molar-refractivity contribution is -0.384. The highest BCUT2D eigenvalue weighted by molar-refractivity contribution is 7.99. The van der Waals surface area contributed by atoms with Gasteiger partial charge in [-0.05, 0) is 35.4 Å². The van der Waals surface area contributed by atoms with Gasteiger partial charge in [0, 0.05) is 34.6 Å². The van der Waals surface area contributed by atoms with Crippen molar-refractivity contribution in [3.8, 4) is 0 Å². The summed E-state index contributed by atoms with van der Waals surface area (Å²) < 4.78 is 0. The van der Waals surface area contributed by atoms with Crippen LogP contribution in [0, 0.1) is 10.1 Å². The highest BCUT2D eigenvalue weighted by Crippen LogP contribution is 2.36. The van der Waals surface area contributed by atoms with E-state index >= 15 is 0 Å². The number of nitrogens with zero attached hydrogens (tertiary/aromatic N) is 1. The van der Waals surface area contributed by atoms with E-state index in [-0.39, 0.29) is 11.7 Å². The molecule has 1 N–H and O–H groups in total. The van der Waals surface area contributed by atoms with Crippen LogP contribution in [-0.4, -0.2) is 10.7 Å². The highest BCUT2D eigenvalue weighted by atomic mass is 35.5. The number of thioether (sulfide) groups is 1. The third-order valence-corrected chi connectivity index (χ3v) is 5.23. The zero-order valence-electron chi connectivity index (χ0n) is 11.8. The summed E-state index contributed by atoms with van der Waals surface area (Å²) in [6.07, 6.45) is 1.04. The quantitative estimate of drug-likeness (QED) is 0.657. The molecule has 1 aliphatic heterocycles. The summed E-state index contributed by atoms with van der Waals surface area (Å²) in [6, 6.07) is 13.2.